The molecule has 3 aromatic rings. The van der Waals surface area contributed by atoms with Crippen LogP contribution in [0.15, 0.2) is 48.5 Å². The van der Waals surface area contributed by atoms with Crippen LogP contribution in [0.2, 0.25) is 0 Å². The van der Waals surface area contributed by atoms with Gasteiger partial charge in [-0.15, -0.1) is 0 Å². The average molecular weight is 323 g/mol. The van der Waals surface area contributed by atoms with Crippen molar-refractivity contribution in [2.45, 2.75) is 0 Å². The molecule has 4 rings (SSSR count). The van der Waals surface area contributed by atoms with E-state index in [1.54, 1.807) is 10.6 Å². The Balaban J connectivity index is 1.90. The van der Waals surface area contributed by atoms with Gasteiger partial charge in [-0.3, -0.25) is 0 Å². The molecule has 1 N–H and O–H groups in total. The third-order valence-electron chi connectivity index (χ3n) is 4.20. The lowest BCUT2D eigenvalue weighted by atomic mass is 10.1. The minimum atomic E-state index is -1.02. The molecule has 3 heterocycles. The predicted molar refractivity (Wildman–Crippen MR) is 90.6 cm³/mol. The molecule has 1 aliphatic rings. The zero-order valence-corrected chi connectivity index (χ0v) is 13.1. The Labute approximate surface area is 138 Å². The molecule has 2 aromatic heterocycles. The van der Waals surface area contributed by atoms with Gasteiger partial charge >= 0.3 is 5.97 Å². The zero-order valence-electron chi connectivity index (χ0n) is 13.1. The second-order valence-corrected chi connectivity index (χ2v) is 5.74. The van der Waals surface area contributed by atoms with E-state index in [9.17, 15) is 9.90 Å². The summed E-state index contributed by atoms with van der Waals surface area (Å²) in [5, 5.41) is 13.5. The Morgan fingerprint density at radius 3 is 2.50 bits per heavy atom. The lowest BCUT2D eigenvalue weighted by Gasteiger charge is -2.29. The molecule has 1 saturated heterocycles. The van der Waals surface area contributed by atoms with E-state index in [2.05, 4.69) is 16.1 Å². The average Bonchev–Trinajstić information content (AvgIpc) is 3.07. The first-order valence-corrected chi connectivity index (χ1v) is 7.87. The molecule has 6 nitrogen and oxygen atoms in total. The number of aromatic carboxylic acids is 1. The number of morpholine rings is 1. The second-order valence-electron chi connectivity index (χ2n) is 5.74. The molecule has 1 fully saturated rings. The van der Waals surface area contributed by atoms with E-state index in [0.29, 0.717) is 13.2 Å². The number of pyridine rings is 1. The van der Waals surface area contributed by atoms with Crippen LogP contribution in [0.1, 0.15) is 10.5 Å². The highest BCUT2D eigenvalue weighted by atomic mass is 16.5. The van der Waals surface area contributed by atoms with Crippen molar-refractivity contribution < 1.29 is 14.6 Å². The standard InChI is InChI=1S/C18H17N3O3/c22-18(23)16-12-15-10-14(13-4-2-1-3-5-13)11-17(21(15)19-16)20-6-8-24-9-7-20/h1-5,10-12H,6-9H2,(H,22,23). The summed E-state index contributed by atoms with van der Waals surface area (Å²) in [6.45, 7) is 2.83. The van der Waals surface area contributed by atoms with Gasteiger partial charge in [-0.05, 0) is 29.3 Å². The molecule has 24 heavy (non-hydrogen) atoms. The number of hydrogen-bond acceptors (Lipinski definition) is 4. The fourth-order valence-corrected chi connectivity index (χ4v) is 3.00. The molecular weight excluding hydrogens is 306 g/mol. The van der Waals surface area contributed by atoms with Crippen molar-refractivity contribution in [1.29, 1.82) is 0 Å². The van der Waals surface area contributed by atoms with Crippen molar-refractivity contribution in [2.75, 3.05) is 31.2 Å². The van der Waals surface area contributed by atoms with Crippen LogP contribution < -0.4 is 4.90 Å². The predicted octanol–water partition coefficient (Wildman–Crippen LogP) is 2.54. The number of fused-ring (bicyclic) bond motifs is 1. The number of rotatable bonds is 3. The maximum Gasteiger partial charge on any atom is 0.356 e. The number of carboxylic acid groups (broad SMARTS) is 1. The van der Waals surface area contributed by atoms with Crippen LogP contribution in [-0.4, -0.2) is 47.0 Å². The topological polar surface area (TPSA) is 67.1 Å². The molecule has 0 bridgehead atoms. The minimum absolute atomic E-state index is 0.0507. The van der Waals surface area contributed by atoms with Gasteiger partial charge in [0.2, 0.25) is 0 Å². The molecule has 122 valence electrons. The Bertz CT molecular complexity index is 883. The summed E-state index contributed by atoms with van der Waals surface area (Å²) in [6, 6.07) is 15.7. The van der Waals surface area contributed by atoms with E-state index < -0.39 is 5.97 Å². The van der Waals surface area contributed by atoms with E-state index in [1.807, 2.05) is 36.4 Å². The number of nitrogens with zero attached hydrogens (tertiary/aromatic N) is 3. The summed E-state index contributed by atoms with van der Waals surface area (Å²) in [4.78, 5) is 13.5. The SMILES string of the molecule is O=C(O)c1cc2cc(-c3ccccc3)cc(N3CCOCC3)n2n1. The van der Waals surface area contributed by atoms with E-state index >= 15 is 0 Å². The van der Waals surface area contributed by atoms with Crippen LogP contribution >= 0.6 is 0 Å². The lowest BCUT2D eigenvalue weighted by molar-refractivity contribution is 0.0690. The van der Waals surface area contributed by atoms with Crippen molar-refractivity contribution in [3.63, 3.8) is 0 Å². The summed E-state index contributed by atoms with van der Waals surface area (Å²) in [7, 11) is 0. The number of aromatic nitrogens is 2. The molecule has 0 unspecified atom stereocenters. The van der Waals surface area contributed by atoms with E-state index in [1.165, 1.54) is 0 Å². The quantitative estimate of drug-likeness (QED) is 0.802. The first-order valence-electron chi connectivity index (χ1n) is 7.87. The van der Waals surface area contributed by atoms with Crippen LogP contribution in [0, 0.1) is 0 Å². The Morgan fingerprint density at radius 2 is 1.79 bits per heavy atom. The number of benzene rings is 1. The summed E-state index contributed by atoms with van der Waals surface area (Å²) in [5.41, 5.74) is 2.96. The van der Waals surface area contributed by atoms with Gasteiger partial charge in [0.05, 0.1) is 18.7 Å². The maximum atomic E-state index is 11.3. The Morgan fingerprint density at radius 1 is 1.04 bits per heavy atom. The van der Waals surface area contributed by atoms with E-state index in [0.717, 1.165) is 35.6 Å². The summed E-state index contributed by atoms with van der Waals surface area (Å²) in [5.74, 6) is -0.130. The fourth-order valence-electron chi connectivity index (χ4n) is 3.00. The molecule has 1 aliphatic heterocycles. The van der Waals surface area contributed by atoms with Gasteiger partial charge in [0.15, 0.2) is 5.69 Å². The normalized spacial score (nSPS) is 14.9. The van der Waals surface area contributed by atoms with Gasteiger partial charge in [0, 0.05) is 13.1 Å². The van der Waals surface area contributed by atoms with Gasteiger partial charge in [0.1, 0.15) is 5.82 Å². The second kappa shape index (κ2) is 5.98. The van der Waals surface area contributed by atoms with Gasteiger partial charge < -0.3 is 14.7 Å². The smallest absolute Gasteiger partial charge is 0.356 e. The van der Waals surface area contributed by atoms with Gasteiger partial charge in [-0.2, -0.15) is 5.10 Å². The largest absolute Gasteiger partial charge is 0.476 e. The zero-order chi connectivity index (χ0) is 16.5. The molecular formula is C18H17N3O3. The molecule has 0 radical (unpaired) electrons. The molecule has 6 heteroatoms. The molecule has 0 spiro atoms. The fraction of sp³-hybridized carbons (Fsp3) is 0.222. The number of anilines is 1. The third kappa shape index (κ3) is 2.61. The molecule has 0 atom stereocenters. The third-order valence-corrected chi connectivity index (χ3v) is 4.20. The van der Waals surface area contributed by atoms with Crippen molar-refractivity contribution in [1.82, 2.24) is 9.61 Å². The van der Waals surface area contributed by atoms with Gasteiger partial charge in [0.25, 0.3) is 0 Å². The van der Waals surface area contributed by atoms with Crippen LogP contribution in [0.5, 0.6) is 0 Å². The number of ether oxygens (including phenoxy) is 1. The van der Waals surface area contributed by atoms with Crippen LogP contribution in [0.4, 0.5) is 5.82 Å². The Hall–Kier alpha value is -2.86. The summed E-state index contributed by atoms with van der Waals surface area (Å²) < 4.78 is 7.14. The van der Waals surface area contributed by atoms with E-state index in [-0.39, 0.29) is 5.69 Å². The highest BCUT2D eigenvalue weighted by molar-refractivity contribution is 5.88. The first kappa shape index (κ1) is 14.7. The Kier molecular flexibility index (Phi) is 3.66. The summed E-state index contributed by atoms with van der Waals surface area (Å²) in [6.07, 6.45) is 0. The number of carboxylic acids is 1. The van der Waals surface area contributed by atoms with Crippen molar-refractivity contribution in [3.05, 3.63) is 54.2 Å². The first-order chi connectivity index (χ1) is 11.7. The van der Waals surface area contributed by atoms with Crippen LogP contribution in [0.25, 0.3) is 16.6 Å². The van der Waals surface area contributed by atoms with Crippen LogP contribution in [-0.2, 0) is 4.74 Å². The van der Waals surface area contributed by atoms with Crippen molar-refractivity contribution in [2.24, 2.45) is 0 Å². The van der Waals surface area contributed by atoms with Gasteiger partial charge in [-0.25, -0.2) is 9.31 Å². The highest BCUT2D eigenvalue weighted by Gasteiger charge is 2.18. The minimum Gasteiger partial charge on any atom is -0.476 e. The van der Waals surface area contributed by atoms with Crippen molar-refractivity contribution in [3.8, 4) is 11.1 Å². The highest BCUT2D eigenvalue weighted by Crippen LogP contribution is 2.28. The number of carbonyl (C=O) groups is 1. The molecule has 0 saturated carbocycles. The van der Waals surface area contributed by atoms with Crippen molar-refractivity contribution >= 4 is 17.3 Å². The number of hydrogen-bond donors (Lipinski definition) is 1. The van der Waals surface area contributed by atoms with Crippen LogP contribution in [0.3, 0.4) is 0 Å². The van der Waals surface area contributed by atoms with E-state index in [4.69, 9.17) is 4.74 Å². The maximum absolute atomic E-state index is 11.3. The lowest BCUT2D eigenvalue weighted by Crippen LogP contribution is -2.37. The summed E-state index contributed by atoms with van der Waals surface area (Å²) >= 11 is 0. The molecule has 0 aliphatic carbocycles. The molecule has 1 aromatic carbocycles. The van der Waals surface area contributed by atoms with Gasteiger partial charge in [-0.1, -0.05) is 30.3 Å². The monoisotopic (exact) mass is 323 g/mol. The molecule has 0 amide bonds.